The Balaban J connectivity index is 2.07. The summed E-state index contributed by atoms with van der Waals surface area (Å²) in [5, 5.41) is 3.75. The molecular formula is C23H25ClN2O3. The molecule has 0 unspecified atom stereocenters. The van der Waals surface area contributed by atoms with E-state index in [0.717, 1.165) is 5.56 Å². The fraction of sp³-hybridized carbons (Fsp3) is 0.304. The van der Waals surface area contributed by atoms with Gasteiger partial charge in [-0.1, -0.05) is 29.8 Å². The molecule has 1 aliphatic heterocycles. The number of rotatable bonds is 6. The van der Waals surface area contributed by atoms with Crippen LogP contribution in [0.1, 0.15) is 38.8 Å². The molecule has 1 N–H and O–H groups in total. The van der Waals surface area contributed by atoms with Gasteiger partial charge in [0.1, 0.15) is 11.4 Å². The Kier molecular flexibility index (Phi) is 5.99. The average Bonchev–Trinajstić information content (AvgIpc) is 2.89. The average molecular weight is 413 g/mol. The summed E-state index contributed by atoms with van der Waals surface area (Å²) in [6.45, 7) is 9.41. The van der Waals surface area contributed by atoms with Gasteiger partial charge in [0.25, 0.3) is 11.8 Å². The highest BCUT2D eigenvalue weighted by Crippen LogP contribution is 2.34. The van der Waals surface area contributed by atoms with Gasteiger partial charge in [0, 0.05) is 16.8 Å². The van der Waals surface area contributed by atoms with Crippen molar-refractivity contribution in [3.8, 4) is 5.75 Å². The number of nitrogens with zero attached hydrogens (tertiary/aromatic N) is 1. The van der Waals surface area contributed by atoms with Gasteiger partial charge in [0.2, 0.25) is 0 Å². The summed E-state index contributed by atoms with van der Waals surface area (Å²) in [7, 11) is 0. The molecule has 1 aliphatic rings. The number of hydrogen-bond acceptors (Lipinski definition) is 4. The van der Waals surface area contributed by atoms with Gasteiger partial charge < -0.3 is 10.1 Å². The fourth-order valence-electron chi connectivity index (χ4n) is 3.25. The third-order valence-corrected chi connectivity index (χ3v) is 5.08. The first-order valence-electron chi connectivity index (χ1n) is 9.62. The van der Waals surface area contributed by atoms with Crippen molar-refractivity contribution >= 4 is 34.7 Å². The maximum atomic E-state index is 13.1. The first-order valence-corrected chi connectivity index (χ1v) is 10.00. The van der Waals surface area contributed by atoms with Gasteiger partial charge in [-0.15, -0.1) is 0 Å². The lowest BCUT2D eigenvalue weighted by Crippen LogP contribution is -2.38. The number of hydrogen-bond donors (Lipinski definition) is 1. The molecule has 0 spiro atoms. The van der Waals surface area contributed by atoms with E-state index in [2.05, 4.69) is 5.32 Å². The molecule has 0 saturated carbocycles. The quantitative estimate of drug-likeness (QED) is 0.675. The summed E-state index contributed by atoms with van der Waals surface area (Å²) < 4.78 is 5.68. The van der Waals surface area contributed by atoms with E-state index in [0.29, 0.717) is 27.6 Å². The molecule has 6 heteroatoms. The summed E-state index contributed by atoms with van der Waals surface area (Å²) in [4.78, 5) is 27.5. The van der Waals surface area contributed by atoms with E-state index in [1.54, 1.807) is 36.4 Å². The van der Waals surface area contributed by atoms with E-state index < -0.39 is 0 Å². The molecule has 0 radical (unpaired) electrons. The SMILES string of the molecule is Cc1c(Cl)cccc1NC1=C(c2ccc(OC(C)C)cc2)C(=O)N(C(C)C)C1=O. The molecule has 152 valence electrons. The molecule has 1 heterocycles. The first-order chi connectivity index (χ1) is 13.7. The zero-order valence-electron chi connectivity index (χ0n) is 17.2. The molecular weight excluding hydrogens is 388 g/mol. The Morgan fingerprint density at radius 1 is 0.966 bits per heavy atom. The van der Waals surface area contributed by atoms with Crippen LogP contribution in [-0.2, 0) is 9.59 Å². The van der Waals surface area contributed by atoms with Crippen LogP contribution in [-0.4, -0.2) is 28.9 Å². The van der Waals surface area contributed by atoms with Crippen molar-refractivity contribution in [2.75, 3.05) is 5.32 Å². The normalized spacial score (nSPS) is 14.4. The van der Waals surface area contributed by atoms with Gasteiger partial charge in [-0.3, -0.25) is 14.5 Å². The summed E-state index contributed by atoms with van der Waals surface area (Å²) >= 11 is 6.22. The van der Waals surface area contributed by atoms with Crippen LogP contribution in [0.25, 0.3) is 5.57 Å². The summed E-state index contributed by atoms with van der Waals surface area (Å²) in [6, 6.07) is 12.4. The number of ether oxygens (including phenoxy) is 1. The second kappa shape index (κ2) is 8.29. The largest absolute Gasteiger partial charge is 0.491 e. The van der Waals surface area contributed by atoms with Gasteiger partial charge >= 0.3 is 0 Å². The molecule has 0 bridgehead atoms. The molecule has 29 heavy (non-hydrogen) atoms. The molecule has 2 aromatic rings. The number of nitrogens with one attached hydrogen (secondary N) is 1. The van der Waals surface area contributed by atoms with Crippen molar-refractivity contribution in [3.05, 3.63) is 64.3 Å². The number of halogens is 1. The fourth-order valence-corrected chi connectivity index (χ4v) is 3.42. The third-order valence-electron chi connectivity index (χ3n) is 4.67. The zero-order valence-corrected chi connectivity index (χ0v) is 18.0. The monoisotopic (exact) mass is 412 g/mol. The molecule has 0 fully saturated rings. The lowest BCUT2D eigenvalue weighted by Gasteiger charge is -2.19. The summed E-state index contributed by atoms with van der Waals surface area (Å²) in [5.41, 5.74) is 2.76. The maximum Gasteiger partial charge on any atom is 0.278 e. The second-order valence-corrected chi connectivity index (χ2v) is 7.96. The van der Waals surface area contributed by atoms with Crippen molar-refractivity contribution in [1.29, 1.82) is 0 Å². The maximum absolute atomic E-state index is 13.1. The minimum Gasteiger partial charge on any atom is -0.491 e. The van der Waals surface area contributed by atoms with Crippen LogP contribution in [0, 0.1) is 6.92 Å². The molecule has 3 rings (SSSR count). The number of anilines is 1. The van der Waals surface area contributed by atoms with Crippen LogP contribution in [0.15, 0.2) is 48.2 Å². The smallest absolute Gasteiger partial charge is 0.278 e. The van der Waals surface area contributed by atoms with Crippen molar-refractivity contribution in [2.24, 2.45) is 0 Å². The molecule has 2 amide bonds. The minimum absolute atomic E-state index is 0.0502. The third kappa shape index (κ3) is 4.15. The van der Waals surface area contributed by atoms with E-state index in [9.17, 15) is 9.59 Å². The van der Waals surface area contributed by atoms with Crippen LogP contribution in [0.5, 0.6) is 5.75 Å². The lowest BCUT2D eigenvalue weighted by molar-refractivity contribution is -0.138. The minimum atomic E-state index is -0.345. The molecule has 0 atom stereocenters. The van der Waals surface area contributed by atoms with E-state index >= 15 is 0 Å². The predicted octanol–water partition coefficient (Wildman–Crippen LogP) is 5.04. The predicted molar refractivity (Wildman–Crippen MR) is 116 cm³/mol. The highest BCUT2D eigenvalue weighted by molar-refractivity contribution is 6.37. The van der Waals surface area contributed by atoms with Gasteiger partial charge in [-0.25, -0.2) is 0 Å². The Hall–Kier alpha value is -2.79. The van der Waals surface area contributed by atoms with Gasteiger partial charge in [0.05, 0.1) is 11.7 Å². The number of carbonyl (C=O) groups excluding carboxylic acids is 2. The second-order valence-electron chi connectivity index (χ2n) is 7.55. The number of carbonyl (C=O) groups is 2. The summed E-state index contributed by atoms with van der Waals surface area (Å²) in [5.74, 6) is 0.0497. The van der Waals surface area contributed by atoms with E-state index in [4.69, 9.17) is 16.3 Å². The zero-order chi connectivity index (χ0) is 21.3. The Morgan fingerprint density at radius 3 is 2.21 bits per heavy atom. The standard InChI is InChI=1S/C23H25ClN2O3/c1-13(2)26-22(27)20(16-9-11-17(12-10-16)29-14(3)4)21(23(26)28)25-19-8-6-7-18(24)15(19)5/h6-14,25H,1-5H3. The Bertz CT molecular complexity index is 978. The summed E-state index contributed by atoms with van der Waals surface area (Å²) in [6.07, 6.45) is 0.0502. The highest BCUT2D eigenvalue weighted by atomic mass is 35.5. The van der Waals surface area contributed by atoms with Gasteiger partial charge in [-0.05, 0) is 70.0 Å². The van der Waals surface area contributed by atoms with Crippen LogP contribution in [0.4, 0.5) is 5.69 Å². The van der Waals surface area contributed by atoms with Crippen molar-refractivity contribution < 1.29 is 14.3 Å². The highest BCUT2D eigenvalue weighted by Gasteiger charge is 2.40. The van der Waals surface area contributed by atoms with Crippen molar-refractivity contribution in [3.63, 3.8) is 0 Å². The molecule has 0 saturated heterocycles. The Morgan fingerprint density at radius 2 is 1.62 bits per heavy atom. The molecule has 5 nitrogen and oxygen atoms in total. The number of amides is 2. The van der Waals surface area contributed by atoms with E-state index in [1.807, 2.05) is 40.7 Å². The molecule has 0 aromatic heterocycles. The van der Waals surface area contributed by atoms with E-state index in [1.165, 1.54) is 4.90 Å². The van der Waals surface area contributed by atoms with Crippen LogP contribution < -0.4 is 10.1 Å². The lowest BCUT2D eigenvalue weighted by atomic mass is 10.0. The number of benzene rings is 2. The Labute approximate surface area is 176 Å². The van der Waals surface area contributed by atoms with Crippen molar-refractivity contribution in [1.82, 2.24) is 4.90 Å². The topological polar surface area (TPSA) is 58.6 Å². The van der Waals surface area contributed by atoms with E-state index in [-0.39, 0.29) is 29.7 Å². The number of imide groups is 1. The van der Waals surface area contributed by atoms with Crippen LogP contribution in [0.3, 0.4) is 0 Å². The van der Waals surface area contributed by atoms with Gasteiger partial charge in [0.15, 0.2) is 0 Å². The first kappa shape index (κ1) is 20.9. The molecule has 2 aromatic carbocycles. The van der Waals surface area contributed by atoms with Crippen LogP contribution in [0.2, 0.25) is 5.02 Å². The van der Waals surface area contributed by atoms with Gasteiger partial charge in [-0.2, -0.15) is 0 Å². The van der Waals surface area contributed by atoms with Crippen molar-refractivity contribution in [2.45, 2.75) is 46.8 Å². The molecule has 0 aliphatic carbocycles. The van der Waals surface area contributed by atoms with Crippen LogP contribution >= 0.6 is 11.6 Å².